The van der Waals surface area contributed by atoms with Crippen molar-refractivity contribution in [2.45, 2.75) is 65.1 Å². The van der Waals surface area contributed by atoms with E-state index in [0.717, 1.165) is 52.0 Å². The molecule has 1 aromatic heterocycles. The zero-order chi connectivity index (χ0) is 28.3. The number of fused-ring (bicyclic) bond motifs is 1. The van der Waals surface area contributed by atoms with E-state index < -0.39 is 11.9 Å². The Kier molecular flexibility index (Phi) is 8.27. The van der Waals surface area contributed by atoms with Crippen LogP contribution >= 0.6 is 0 Å². The van der Waals surface area contributed by atoms with E-state index in [4.69, 9.17) is 9.47 Å². The number of nitrogens with zero attached hydrogens (tertiary/aromatic N) is 3. The van der Waals surface area contributed by atoms with Crippen LogP contribution in [0.3, 0.4) is 0 Å². The van der Waals surface area contributed by atoms with E-state index in [-0.39, 0.29) is 11.6 Å². The van der Waals surface area contributed by atoms with Gasteiger partial charge in [0.25, 0.3) is 0 Å². The molecule has 7 nitrogen and oxygen atoms in total. The number of methoxy groups -OCH3 is 1. The number of carbonyl (C=O) groups is 1. The summed E-state index contributed by atoms with van der Waals surface area (Å²) in [6.45, 7) is 8.94. The highest BCUT2D eigenvalue weighted by molar-refractivity contribution is 5.74. The highest BCUT2D eigenvalue weighted by atomic mass is 16.5. The maximum atomic E-state index is 11.3. The number of ether oxygens (including phenoxy) is 2. The van der Waals surface area contributed by atoms with Crippen LogP contribution < -0.4 is 9.47 Å². The lowest BCUT2D eigenvalue weighted by Crippen LogP contribution is -2.37. The first kappa shape index (κ1) is 28.1. The van der Waals surface area contributed by atoms with Gasteiger partial charge in [-0.15, -0.1) is 0 Å². The van der Waals surface area contributed by atoms with Gasteiger partial charge in [0, 0.05) is 29.9 Å². The summed E-state index contributed by atoms with van der Waals surface area (Å²) in [4.78, 5) is 17.9. The number of rotatable bonds is 8. The molecule has 4 rings (SSSR count). The average Bonchev–Trinajstić information content (AvgIpc) is 2.91. The van der Waals surface area contributed by atoms with Gasteiger partial charge in [-0.3, -0.25) is 9.69 Å². The van der Waals surface area contributed by atoms with Crippen LogP contribution in [-0.4, -0.2) is 40.7 Å². The third kappa shape index (κ3) is 6.40. The van der Waals surface area contributed by atoms with Gasteiger partial charge in [-0.2, -0.15) is 5.26 Å². The van der Waals surface area contributed by atoms with E-state index in [0.29, 0.717) is 24.4 Å². The Labute approximate surface area is 231 Å². The minimum absolute atomic E-state index is 0.0506. The number of pyridine rings is 1. The third-order valence-electron chi connectivity index (χ3n) is 7.59. The molecule has 0 aliphatic carbocycles. The summed E-state index contributed by atoms with van der Waals surface area (Å²) in [5.41, 5.74) is 6.47. The SMILES string of the molecule is COc1cc(-c2ccc(C3CCc4ccc(C[C@H](C)C(=O)O)cc4O3)cc2CN(C)C(C)(C)C)c(C#N)cn1. The van der Waals surface area contributed by atoms with Crippen LogP contribution in [0.15, 0.2) is 48.7 Å². The van der Waals surface area contributed by atoms with Crippen molar-refractivity contribution < 1.29 is 19.4 Å². The van der Waals surface area contributed by atoms with Crippen molar-refractivity contribution in [3.8, 4) is 28.8 Å². The molecule has 1 N–H and O–H groups in total. The maximum absolute atomic E-state index is 11.3. The Hall–Kier alpha value is -3.89. The van der Waals surface area contributed by atoms with Crippen molar-refractivity contribution in [2.75, 3.05) is 14.2 Å². The topological polar surface area (TPSA) is 95.7 Å². The van der Waals surface area contributed by atoms with Crippen molar-refractivity contribution in [3.05, 3.63) is 76.5 Å². The Bertz CT molecular complexity index is 1400. The Morgan fingerprint density at radius 3 is 2.67 bits per heavy atom. The lowest BCUT2D eigenvalue weighted by molar-refractivity contribution is -0.141. The van der Waals surface area contributed by atoms with Crippen LogP contribution in [-0.2, 0) is 24.2 Å². The van der Waals surface area contributed by atoms with Gasteiger partial charge >= 0.3 is 5.97 Å². The predicted octanol–water partition coefficient (Wildman–Crippen LogP) is 6.19. The molecule has 0 amide bonds. The second-order valence-electron chi connectivity index (χ2n) is 11.4. The number of hydrogen-bond donors (Lipinski definition) is 1. The zero-order valence-electron chi connectivity index (χ0n) is 23.6. The minimum atomic E-state index is -0.800. The van der Waals surface area contributed by atoms with Gasteiger partial charge in [0.05, 0.1) is 18.6 Å². The van der Waals surface area contributed by atoms with Gasteiger partial charge in [-0.1, -0.05) is 37.3 Å². The monoisotopic (exact) mass is 527 g/mol. The van der Waals surface area contributed by atoms with Crippen molar-refractivity contribution in [1.82, 2.24) is 9.88 Å². The summed E-state index contributed by atoms with van der Waals surface area (Å²) >= 11 is 0. The molecule has 0 saturated carbocycles. The van der Waals surface area contributed by atoms with Crippen LogP contribution in [0, 0.1) is 17.2 Å². The Balaban J connectivity index is 1.71. The van der Waals surface area contributed by atoms with Gasteiger partial charge in [0.2, 0.25) is 5.88 Å². The molecule has 0 radical (unpaired) electrons. The van der Waals surface area contributed by atoms with E-state index in [1.807, 2.05) is 18.2 Å². The number of carboxylic acids is 1. The zero-order valence-corrected chi connectivity index (χ0v) is 23.6. The fraction of sp³-hybridized carbons (Fsp3) is 0.406. The van der Waals surface area contributed by atoms with Gasteiger partial charge in [-0.05, 0) is 81.0 Å². The van der Waals surface area contributed by atoms with E-state index in [9.17, 15) is 15.2 Å². The molecule has 1 aliphatic rings. The molecule has 3 aromatic rings. The number of nitriles is 1. The molecular formula is C32H37N3O4. The van der Waals surface area contributed by atoms with E-state index in [1.54, 1.807) is 20.2 Å². The number of carboxylic acid groups (broad SMARTS) is 1. The Morgan fingerprint density at radius 2 is 2.00 bits per heavy atom. The molecule has 1 aliphatic heterocycles. The van der Waals surface area contributed by atoms with Crippen molar-refractivity contribution in [2.24, 2.45) is 5.92 Å². The van der Waals surface area contributed by atoms with Gasteiger partial charge in [0.15, 0.2) is 0 Å². The van der Waals surface area contributed by atoms with Crippen molar-refractivity contribution in [3.63, 3.8) is 0 Å². The summed E-state index contributed by atoms with van der Waals surface area (Å²) in [7, 11) is 3.67. The smallest absolute Gasteiger partial charge is 0.306 e. The lowest BCUT2D eigenvalue weighted by atomic mass is 9.90. The normalized spacial score (nSPS) is 15.7. The summed E-state index contributed by atoms with van der Waals surface area (Å²) < 4.78 is 11.9. The lowest BCUT2D eigenvalue weighted by Gasteiger charge is -2.33. The number of aromatic nitrogens is 1. The van der Waals surface area contributed by atoms with E-state index in [1.165, 1.54) is 0 Å². The van der Waals surface area contributed by atoms with Crippen molar-refractivity contribution in [1.29, 1.82) is 5.26 Å². The first-order chi connectivity index (χ1) is 18.5. The Morgan fingerprint density at radius 1 is 1.23 bits per heavy atom. The van der Waals surface area contributed by atoms with Crippen LogP contribution in [0.4, 0.5) is 0 Å². The number of aliphatic carboxylic acids is 1. The van der Waals surface area contributed by atoms with Gasteiger partial charge in [0.1, 0.15) is 17.9 Å². The summed E-state index contributed by atoms with van der Waals surface area (Å²) in [5, 5.41) is 19.1. The first-order valence-electron chi connectivity index (χ1n) is 13.3. The highest BCUT2D eigenvalue weighted by Gasteiger charge is 2.25. The number of hydrogen-bond acceptors (Lipinski definition) is 6. The molecule has 204 valence electrons. The molecule has 39 heavy (non-hydrogen) atoms. The van der Waals surface area contributed by atoms with Gasteiger partial charge < -0.3 is 14.6 Å². The molecule has 0 saturated heterocycles. The molecule has 2 heterocycles. The number of aryl methyl sites for hydroxylation is 1. The first-order valence-corrected chi connectivity index (χ1v) is 13.3. The molecular weight excluding hydrogens is 490 g/mol. The standard InChI is InChI=1S/C32H37N3O4/c1-20(31(36)37)13-21-7-8-22-10-12-28(39-29(22)14-21)23-9-11-26(24(15-23)19-35(5)32(2,3)4)27-16-30(38-6)34-18-25(27)17-33/h7-9,11,14-16,18,20,28H,10,12-13,19H2,1-6H3,(H,36,37)/t20-,28?/m0/s1. The summed E-state index contributed by atoms with van der Waals surface area (Å²) in [6, 6.07) is 16.5. The molecule has 0 bridgehead atoms. The number of benzene rings is 2. The predicted molar refractivity (Wildman–Crippen MR) is 151 cm³/mol. The second-order valence-corrected chi connectivity index (χ2v) is 11.4. The quantitative estimate of drug-likeness (QED) is 0.373. The van der Waals surface area contributed by atoms with Crippen LogP contribution in [0.25, 0.3) is 11.1 Å². The van der Waals surface area contributed by atoms with Crippen LogP contribution in [0.5, 0.6) is 11.6 Å². The van der Waals surface area contributed by atoms with Crippen LogP contribution in [0.2, 0.25) is 0 Å². The molecule has 2 aromatic carbocycles. The molecule has 2 atom stereocenters. The van der Waals surface area contributed by atoms with Crippen molar-refractivity contribution >= 4 is 5.97 Å². The molecule has 0 fully saturated rings. The molecule has 0 spiro atoms. The maximum Gasteiger partial charge on any atom is 0.306 e. The van der Waals surface area contributed by atoms with Gasteiger partial charge in [-0.25, -0.2) is 4.98 Å². The fourth-order valence-corrected chi connectivity index (χ4v) is 4.78. The summed E-state index contributed by atoms with van der Waals surface area (Å²) in [5.74, 6) is 0.0287. The highest BCUT2D eigenvalue weighted by Crippen LogP contribution is 2.38. The summed E-state index contributed by atoms with van der Waals surface area (Å²) in [6.07, 6.45) is 3.63. The molecule has 7 heteroatoms. The van der Waals surface area contributed by atoms with E-state index >= 15 is 0 Å². The second kappa shape index (κ2) is 11.5. The van der Waals surface area contributed by atoms with Crippen LogP contribution in [0.1, 0.15) is 68.0 Å². The fourth-order valence-electron chi connectivity index (χ4n) is 4.78. The van der Waals surface area contributed by atoms with E-state index in [2.05, 4.69) is 68.0 Å². The molecule has 1 unspecified atom stereocenters. The third-order valence-corrected chi connectivity index (χ3v) is 7.59. The average molecular weight is 528 g/mol. The largest absolute Gasteiger partial charge is 0.485 e. The minimum Gasteiger partial charge on any atom is -0.485 e.